The second kappa shape index (κ2) is 7.33. The van der Waals surface area contributed by atoms with E-state index in [0.29, 0.717) is 17.3 Å². The minimum atomic E-state index is -4.59. The third-order valence-electron chi connectivity index (χ3n) is 5.23. The zero-order valence-corrected chi connectivity index (χ0v) is 17.2. The van der Waals surface area contributed by atoms with Gasteiger partial charge in [-0.25, -0.2) is 4.98 Å². The molecule has 0 radical (unpaired) electrons. The summed E-state index contributed by atoms with van der Waals surface area (Å²) < 4.78 is 46.6. The third-order valence-corrected chi connectivity index (χ3v) is 5.60. The summed E-state index contributed by atoms with van der Waals surface area (Å²) in [6.45, 7) is 2.17. The fourth-order valence-corrected chi connectivity index (χ4v) is 3.97. The number of rotatable bonds is 5. The molecule has 1 fully saturated rings. The number of aromatic nitrogens is 5. The summed E-state index contributed by atoms with van der Waals surface area (Å²) in [4.78, 5) is 4.55. The maximum absolute atomic E-state index is 13.2. The van der Waals surface area contributed by atoms with Crippen LogP contribution in [0.5, 0.6) is 0 Å². The van der Waals surface area contributed by atoms with Gasteiger partial charge in [0.2, 0.25) is 5.89 Å². The van der Waals surface area contributed by atoms with Crippen LogP contribution in [0.15, 0.2) is 34.7 Å². The smallest absolute Gasteiger partial charge is 0.419 e. The van der Waals surface area contributed by atoms with Gasteiger partial charge < -0.3 is 4.42 Å². The molecule has 0 atom stereocenters. The van der Waals surface area contributed by atoms with Crippen molar-refractivity contribution in [2.75, 3.05) is 0 Å². The number of benzene rings is 1. The van der Waals surface area contributed by atoms with E-state index in [1.165, 1.54) is 4.68 Å². The summed E-state index contributed by atoms with van der Waals surface area (Å²) in [5, 5.41) is 12.5. The Kier molecular flexibility index (Phi) is 4.73. The molecule has 160 valence electrons. The number of alkyl halides is 3. The number of hydrogen-bond donors (Lipinski definition) is 0. The average molecular weight is 448 g/mol. The minimum Gasteiger partial charge on any atom is -0.419 e. The topological polar surface area (TPSA) is 69.6 Å². The Morgan fingerprint density at radius 1 is 1.16 bits per heavy atom. The lowest BCUT2D eigenvalue weighted by Gasteiger charge is -2.05. The number of fused-ring (bicyclic) bond motifs is 1. The van der Waals surface area contributed by atoms with Crippen molar-refractivity contribution >= 4 is 22.5 Å². The van der Waals surface area contributed by atoms with Crippen LogP contribution in [0.1, 0.15) is 41.6 Å². The molecule has 3 aromatic heterocycles. The van der Waals surface area contributed by atoms with E-state index >= 15 is 0 Å². The molecule has 1 aliphatic carbocycles. The molecule has 1 saturated carbocycles. The molecular weight excluding hydrogens is 431 g/mol. The largest absolute Gasteiger partial charge is 0.436 e. The molecule has 10 heteroatoms. The van der Waals surface area contributed by atoms with E-state index in [1.807, 2.05) is 31.2 Å². The predicted octanol–water partition coefficient (Wildman–Crippen LogP) is 5.58. The highest BCUT2D eigenvalue weighted by atomic mass is 35.5. The van der Waals surface area contributed by atoms with Gasteiger partial charge in [-0.1, -0.05) is 29.3 Å². The molecule has 0 unspecified atom stereocenters. The normalized spacial score (nSPS) is 14.5. The summed E-state index contributed by atoms with van der Waals surface area (Å²) in [5.41, 5.74) is 1.87. The number of hydrogen-bond acceptors (Lipinski definition) is 5. The van der Waals surface area contributed by atoms with E-state index in [9.17, 15) is 13.2 Å². The first-order valence-corrected chi connectivity index (χ1v) is 10.2. The highest BCUT2D eigenvalue weighted by Gasteiger charge is 2.42. The molecule has 0 N–H and O–H groups in total. The van der Waals surface area contributed by atoms with Gasteiger partial charge in [0.05, 0.1) is 22.8 Å². The first kappa shape index (κ1) is 20.0. The van der Waals surface area contributed by atoms with Crippen molar-refractivity contribution in [1.82, 2.24) is 25.0 Å². The second-order valence-electron chi connectivity index (χ2n) is 7.69. The highest BCUT2D eigenvalue weighted by molar-refractivity contribution is 6.32. The molecule has 0 amide bonds. The Balaban J connectivity index is 1.37. The van der Waals surface area contributed by atoms with E-state index in [4.69, 9.17) is 16.0 Å². The Labute approximate surface area is 180 Å². The van der Waals surface area contributed by atoms with Gasteiger partial charge in [-0.3, -0.25) is 4.68 Å². The molecule has 3 heterocycles. The monoisotopic (exact) mass is 447 g/mol. The number of nitrogens with zero attached hydrogens (tertiary/aromatic N) is 5. The van der Waals surface area contributed by atoms with Gasteiger partial charge in [-0.15, -0.1) is 10.2 Å². The van der Waals surface area contributed by atoms with Gasteiger partial charge in [0.1, 0.15) is 5.69 Å². The fourth-order valence-electron chi connectivity index (χ4n) is 3.58. The van der Waals surface area contributed by atoms with Crippen molar-refractivity contribution in [3.8, 4) is 11.6 Å². The van der Waals surface area contributed by atoms with Crippen molar-refractivity contribution in [2.45, 2.75) is 44.8 Å². The molecule has 0 saturated heterocycles. The van der Waals surface area contributed by atoms with E-state index in [0.717, 1.165) is 29.3 Å². The second-order valence-corrected chi connectivity index (χ2v) is 8.06. The van der Waals surface area contributed by atoms with Gasteiger partial charge in [-0.2, -0.15) is 18.3 Å². The first-order chi connectivity index (χ1) is 14.8. The lowest BCUT2D eigenvalue weighted by atomic mass is 10.1. The van der Waals surface area contributed by atoms with Crippen molar-refractivity contribution in [1.29, 1.82) is 0 Å². The Morgan fingerprint density at radius 2 is 1.97 bits per heavy atom. The van der Waals surface area contributed by atoms with E-state index in [2.05, 4.69) is 20.3 Å². The zero-order chi connectivity index (χ0) is 21.8. The van der Waals surface area contributed by atoms with Gasteiger partial charge in [0.25, 0.3) is 5.89 Å². The zero-order valence-electron chi connectivity index (χ0n) is 16.4. The molecule has 5 rings (SSSR count). The maximum Gasteiger partial charge on any atom is 0.436 e. The van der Waals surface area contributed by atoms with Crippen LogP contribution in [0.2, 0.25) is 5.02 Å². The highest BCUT2D eigenvalue weighted by Crippen LogP contribution is 2.46. The van der Waals surface area contributed by atoms with Crippen LogP contribution < -0.4 is 0 Å². The number of halogens is 4. The van der Waals surface area contributed by atoms with Crippen LogP contribution in [0.3, 0.4) is 0 Å². The molecule has 6 nitrogen and oxygen atoms in total. The summed E-state index contributed by atoms with van der Waals surface area (Å²) in [5.74, 6) is 0.567. The molecule has 31 heavy (non-hydrogen) atoms. The standard InChI is InChI=1S/C21H17ClF3N5O/c1-11-2-6-14-13(10-11)5-7-15(26-14)20-28-27-16(31-20)8-9-30-18(12-3-4-12)17(22)19(29-30)21(23,24)25/h2,5-7,10,12H,3-4,8-9H2,1H3. The molecule has 0 aliphatic heterocycles. The molecule has 0 spiro atoms. The molecule has 4 aromatic rings. The van der Waals surface area contributed by atoms with E-state index < -0.39 is 11.9 Å². The Morgan fingerprint density at radius 3 is 2.71 bits per heavy atom. The summed E-state index contributed by atoms with van der Waals surface area (Å²) >= 11 is 6.01. The summed E-state index contributed by atoms with van der Waals surface area (Å²) in [6, 6.07) is 9.66. The lowest BCUT2D eigenvalue weighted by molar-refractivity contribution is -0.141. The van der Waals surface area contributed by atoms with E-state index in [-0.39, 0.29) is 29.8 Å². The van der Waals surface area contributed by atoms with Gasteiger partial charge >= 0.3 is 6.18 Å². The molecule has 0 bridgehead atoms. The van der Waals surface area contributed by atoms with Gasteiger partial charge in [-0.05, 0) is 38.0 Å². The van der Waals surface area contributed by atoms with Crippen LogP contribution in [0.4, 0.5) is 13.2 Å². The maximum atomic E-state index is 13.2. The molecule has 1 aliphatic rings. The van der Waals surface area contributed by atoms with Crippen LogP contribution >= 0.6 is 11.6 Å². The summed E-state index contributed by atoms with van der Waals surface area (Å²) in [7, 11) is 0. The Hall–Kier alpha value is -2.94. The van der Waals surface area contributed by atoms with Crippen molar-refractivity contribution in [3.05, 3.63) is 58.2 Å². The quantitative estimate of drug-likeness (QED) is 0.399. The molecule has 1 aromatic carbocycles. The minimum absolute atomic E-state index is 0.0137. The average Bonchev–Trinajstić information content (AvgIpc) is 3.33. The van der Waals surface area contributed by atoms with Crippen LogP contribution in [-0.4, -0.2) is 25.0 Å². The van der Waals surface area contributed by atoms with Crippen molar-refractivity contribution in [3.63, 3.8) is 0 Å². The number of pyridine rings is 1. The molecular formula is C21H17ClF3N5O. The SMILES string of the molecule is Cc1ccc2nc(-c3nnc(CCn4nc(C(F)(F)F)c(Cl)c4C4CC4)o3)ccc2c1. The third kappa shape index (κ3) is 3.89. The van der Waals surface area contributed by atoms with Gasteiger partial charge in [0.15, 0.2) is 5.69 Å². The van der Waals surface area contributed by atoms with Gasteiger partial charge in [0, 0.05) is 17.7 Å². The number of aryl methyl sites for hydroxylation is 3. The predicted molar refractivity (Wildman–Crippen MR) is 108 cm³/mol. The van der Waals surface area contributed by atoms with Crippen LogP contribution in [0.25, 0.3) is 22.5 Å². The Bertz CT molecular complexity index is 1280. The van der Waals surface area contributed by atoms with Crippen LogP contribution in [-0.2, 0) is 19.1 Å². The van der Waals surface area contributed by atoms with Crippen molar-refractivity contribution in [2.24, 2.45) is 0 Å². The first-order valence-electron chi connectivity index (χ1n) is 9.83. The summed E-state index contributed by atoms with van der Waals surface area (Å²) in [6.07, 6.45) is -2.75. The van der Waals surface area contributed by atoms with E-state index in [1.54, 1.807) is 6.07 Å². The fraction of sp³-hybridized carbons (Fsp3) is 0.333. The van der Waals surface area contributed by atoms with Crippen molar-refractivity contribution < 1.29 is 17.6 Å². The van der Waals surface area contributed by atoms with Crippen LogP contribution in [0, 0.1) is 6.92 Å². The lowest BCUT2D eigenvalue weighted by Crippen LogP contribution is -2.10.